The molecule has 3 aromatic rings. The zero-order valence-corrected chi connectivity index (χ0v) is 12.3. The van der Waals surface area contributed by atoms with Gasteiger partial charge in [-0.3, -0.25) is 0 Å². The van der Waals surface area contributed by atoms with Crippen LogP contribution in [0.4, 0.5) is 0 Å². The van der Waals surface area contributed by atoms with Crippen LogP contribution in [0.15, 0.2) is 59.8 Å². The van der Waals surface area contributed by atoms with E-state index in [0.29, 0.717) is 10.7 Å². The molecule has 21 heavy (non-hydrogen) atoms. The van der Waals surface area contributed by atoms with Crippen molar-refractivity contribution in [1.29, 1.82) is 0 Å². The summed E-state index contributed by atoms with van der Waals surface area (Å²) in [6.07, 6.45) is 3.28. The molecule has 6 heteroatoms. The summed E-state index contributed by atoms with van der Waals surface area (Å²) in [5.74, 6) is 0.612. The zero-order chi connectivity index (χ0) is 14.9. The highest BCUT2D eigenvalue weighted by Gasteiger charge is 2.23. The molecule has 1 heterocycles. The second kappa shape index (κ2) is 5.31. The first kappa shape index (κ1) is 13.8. The highest BCUT2D eigenvalue weighted by atomic mass is 32.2. The van der Waals surface area contributed by atoms with E-state index in [1.165, 1.54) is 4.31 Å². The van der Waals surface area contributed by atoms with Crippen molar-refractivity contribution in [3.63, 3.8) is 0 Å². The predicted octanol–water partition coefficient (Wildman–Crippen LogP) is 2.38. The third-order valence-electron chi connectivity index (χ3n) is 3.37. The molecule has 0 spiro atoms. The van der Waals surface area contributed by atoms with Crippen LogP contribution >= 0.6 is 0 Å². The number of fused-ring (bicyclic) bond motifs is 1. The molecule has 0 aliphatic heterocycles. The van der Waals surface area contributed by atoms with E-state index in [-0.39, 0.29) is 6.54 Å². The van der Waals surface area contributed by atoms with Gasteiger partial charge in [0.05, 0.1) is 11.4 Å². The number of hydrogen-bond acceptors (Lipinski definition) is 3. The second-order valence-corrected chi connectivity index (χ2v) is 6.79. The van der Waals surface area contributed by atoms with Crippen molar-refractivity contribution in [1.82, 2.24) is 14.3 Å². The van der Waals surface area contributed by atoms with Crippen LogP contribution < -0.4 is 0 Å². The molecular weight excluding hydrogens is 286 g/mol. The molecule has 0 aliphatic carbocycles. The molecule has 1 aromatic heterocycles. The number of sulfonamides is 1. The molecule has 0 saturated heterocycles. The lowest BCUT2D eigenvalue weighted by atomic mass is 10.1. The van der Waals surface area contributed by atoms with E-state index in [0.717, 1.165) is 10.8 Å². The van der Waals surface area contributed by atoms with Crippen molar-refractivity contribution in [2.75, 3.05) is 7.05 Å². The van der Waals surface area contributed by atoms with Crippen molar-refractivity contribution in [2.45, 2.75) is 11.4 Å². The Morgan fingerprint density at radius 2 is 1.90 bits per heavy atom. The number of aromatic amines is 1. The first-order valence-corrected chi connectivity index (χ1v) is 7.95. The lowest BCUT2D eigenvalue weighted by Gasteiger charge is -2.17. The summed E-state index contributed by atoms with van der Waals surface area (Å²) in [5, 5.41) is 1.64. The molecule has 3 rings (SSSR count). The minimum Gasteiger partial charge on any atom is -0.347 e. The van der Waals surface area contributed by atoms with Gasteiger partial charge in [-0.05, 0) is 11.5 Å². The summed E-state index contributed by atoms with van der Waals surface area (Å²) in [7, 11) is -2.01. The molecule has 1 N–H and O–H groups in total. The smallest absolute Gasteiger partial charge is 0.243 e. The molecule has 0 radical (unpaired) electrons. The maximum atomic E-state index is 12.8. The largest absolute Gasteiger partial charge is 0.347 e. The van der Waals surface area contributed by atoms with Gasteiger partial charge < -0.3 is 4.98 Å². The van der Waals surface area contributed by atoms with Crippen molar-refractivity contribution < 1.29 is 8.42 Å². The standard InChI is InChI=1S/C15H15N3O2S/c1-18(11-15-16-9-10-17-15)21(19,20)14-8-4-6-12-5-2-3-7-13(12)14/h2-10H,11H2,1H3,(H,16,17). The number of nitrogens with one attached hydrogen (secondary N) is 1. The molecule has 0 aliphatic rings. The molecule has 0 fully saturated rings. The number of nitrogens with zero attached hydrogens (tertiary/aromatic N) is 2. The molecule has 2 aromatic carbocycles. The highest BCUT2D eigenvalue weighted by Crippen LogP contribution is 2.25. The quantitative estimate of drug-likeness (QED) is 0.804. The summed E-state index contributed by atoms with van der Waals surface area (Å²) >= 11 is 0. The van der Waals surface area contributed by atoms with Gasteiger partial charge in [0.15, 0.2) is 0 Å². The Kier molecular flexibility index (Phi) is 3.48. The van der Waals surface area contributed by atoms with Gasteiger partial charge >= 0.3 is 0 Å². The predicted molar refractivity (Wildman–Crippen MR) is 81.2 cm³/mol. The number of aromatic nitrogens is 2. The third-order valence-corrected chi connectivity index (χ3v) is 5.23. The van der Waals surface area contributed by atoms with Crippen molar-refractivity contribution in [3.05, 3.63) is 60.7 Å². The minimum atomic E-state index is -3.57. The number of rotatable bonds is 4. The average Bonchev–Trinajstić information content (AvgIpc) is 2.99. The maximum Gasteiger partial charge on any atom is 0.243 e. The van der Waals surface area contributed by atoms with Crippen LogP contribution in [0, 0.1) is 0 Å². The Morgan fingerprint density at radius 1 is 1.14 bits per heavy atom. The lowest BCUT2D eigenvalue weighted by molar-refractivity contribution is 0.459. The Labute approximate surface area is 123 Å². The Bertz CT molecular complexity index is 852. The summed E-state index contributed by atoms with van der Waals surface area (Å²) in [5.41, 5.74) is 0. The van der Waals surface area contributed by atoms with Crippen LogP contribution in [-0.2, 0) is 16.6 Å². The summed E-state index contributed by atoms with van der Waals surface area (Å²) in [4.78, 5) is 7.29. The first-order valence-electron chi connectivity index (χ1n) is 6.51. The average molecular weight is 301 g/mol. The normalized spacial score (nSPS) is 12.1. The molecule has 0 unspecified atom stereocenters. The summed E-state index contributed by atoms with van der Waals surface area (Å²) in [6, 6.07) is 12.8. The van der Waals surface area contributed by atoms with E-state index in [1.807, 2.05) is 30.3 Å². The van der Waals surface area contributed by atoms with Crippen LogP contribution in [0.5, 0.6) is 0 Å². The minimum absolute atomic E-state index is 0.207. The number of hydrogen-bond donors (Lipinski definition) is 1. The molecule has 108 valence electrons. The van der Waals surface area contributed by atoms with E-state index in [9.17, 15) is 8.42 Å². The molecule has 0 saturated carbocycles. The maximum absolute atomic E-state index is 12.8. The van der Waals surface area contributed by atoms with Crippen LogP contribution in [0.1, 0.15) is 5.82 Å². The van der Waals surface area contributed by atoms with Crippen LogP contribution in [0.2, 0.25) is 0 Å². The van der Waals surface area contributed by atoms with Crippen molar-refractivity contribution in [3.8, 4) is 0 Å². The van der Waals surface area contributed by atoms with E-state index in [1.54, 1.807) is 31.6 Å². The first-order chi connectivity index (χ1) is 10.1. The monoisotopic (exact) mass is 301 g/mol. The molecule has 0 amide bonds. The summed E-state index contributed by atoms with van der Waals surface area (Å²) in [6.45, 7) is 0.207. The fourth-order valence-electron chi connectivity index (χ4n) is 2.27. The van der Waals surface area contributed by atoms with E-state index in [2.05, 4.69) is 9.97 Å². The molecule has 5 nitrogen and oxygen atoms in total. The fourth-order valence-corrected chi connectivity index (χ4v) is 3.61. The van der Waals surface area contributed by atoms with Gasteiger partial charge in [0.1, 0.15) is 5.82 Å². The Hall–Kier alpha value is -2.18. The highest BCUT2D eigenvalue weighted by molar-refractivity contribution is 7.89. The topological polar surface area (TPSA) is 66.1 Å². The van der Waals surface area contributed by atoms with Gasteiger partial charge in [0, 0.05) is 24.8 Å². The zero-order valence-electron chi connectivity index (χ0n) is 11.5. The fraction of sp³-hybridized carbons (Fsp3) is 0.133. The van der Waals surface area contributed by atoms with E-state index in [4.69, 9.17) is 0 Å². The number of H-pyrrole nitrogens is 1. The van der Waals surface area contributed by atoms with Crippen molar-refractivity contribution in [2.24, 2.45) is 0 Å². The van der Waals surface area contributed by atoms with Crippen LogP contribution in [-0.4, -0.2) is 29.7 Å². The van der Waals surface area contributed by atoms with E-state index < -0.39 is 10.0 Å². The van der Waals surface area contributed by atoms with Gasteiger partial charge in [-0.15, -0.1) is 0 Å². The van der Waals surface area contributed by atoms with Crippen molar-refractivity contribution >= 4 is 20.8 Å². The van der Waals surface area contributed by atoms with Gasteiger partial charge in [0.2, 0.25) is 10.0 Å². The SMILES string of the molecule is CN(Cc1ncc[nH]1)S(=O)(=O)c1cccc2ccccc12. The van der Waals surface area contributed by atoms with Crippen LogP contribution in [0.3, 0.4) is 0 Å². The van der Waals surface area contributed by atoms with Gasteiger partial charge in [0.25, 0.3) is 0 Å². The summed E-state index contributed by atoms with van der Waals surface area (Å²) < 4.78 is 26.8. The van der Waals surface area contributed by atoms with Gasteiger partial charge in [-0.2, -0.15) is 4.31 Å². The molecule has 0 atom stereocenters. The second-order valence-electron chi connectivity index (χ2n) is 4.77. The number of benzene rings is 2. The lowest BCUT2D eigenvalue weighted by Crippen LogP contribution is -2.27. The third kappa shape index (κ3) is 2.55. The van der Waals surface area contributed by atoms with Gasteiger partial charge in [-0.1, -0.05) is 36.4 Å². The Morgan fingerprint density at radius 3 is 2.67 bits per heavy atom. The van der Waals surface area contributed by atoms with E-state index >= 15 is 0 Å². The van der Waals surface area contributed by atoms with Crippen LogP contribution in [0.25, 0.3) is 10.8 Å². The number of imidazole rings is 1. The van der Waals surface area contributed by atoms with Gasteiger partial charge in [-0.25, -0.2) is 13.4 Å². The Balaban J connectivity index is 2.04. The molecule has 0 bridgehead atoms. The molecular formula is C15H15N3O2S.